The van der Waals surface area contributed by atoms with Gasteiger partial charge in [-0.3, -0.25) is 4.99 Å². The van der Waals surface area contributed by atoms with E-state index in [0.29, 0.717) is 5.92 Å². The molecule has 1 aromatic rings. The largest absolute Gasteiger partial charge is 0.356 e. The summed E-state index contributed by atoms with van der Waals surface area (Å²) in [6.07, 6.45) is 5.06. The van der Waals surface area contributed by atoms with Crippen LogP contribution in [0.2, 0.25) is 0 Å². The van der Waals surface area contributed by atoms with Crippen LogP contribution >= 0.6 is 35.3 Å². The molecule has 0 saturated carbocycles. The van der Waals surface area contributed by atoms with Gasteiger partial charge >= 0.3 is 0 Å². The second-order valence-electron chi connectivity index (χ2n) is 5.24. The summed E-state index contributed by atoms with van der Waals surface area (Å²) in [5.74, 6) is 1.37. The number of hydrogen-bond acceptors (Lipinski definition) is 3. The van der Waals surface area contributed by atoms with E-state index < -0.39 is 0 Å². The van der Waals surface area contributed by atoms with Crippen LogP contribution in [0.4, 0.5) is 0 Å². The first-order valence-electron chi connectivity index (χ1n) is 7.56. The first-order chi connectivity index (χ1) is 9.67. The van der Waals surface area contributed by atoms with E-state index in [0.717, 1.165) is 24.7 Å². The van der Waals surface area contributed by atoms with Gasteiger partial charge in [0, 0.05) is 24.9 Å². The average Bonchev–Trinajstić information content (AvgIpc) is 2.91. The molecule has 1 aromatic heterocycles. The van der Waals surface area contributed by atoms with Crippen molar-refractivity contribution in [2.24, 2.45) is 4.99 Å². The highest BCUT2D eigenvalue weighted by molar-refractivity contribution is 14.0. The number of aliphatic imine (C=N–C) groups is 1. The summed E-state index contributed by atoms with van der Waals surface area (Å²) in [4.78, 5) is 8.84. The van der Waals surface area contributed by atoms with Gasteiger partial charge in [0.1, 0.15) is 0 Å². The molecule has 2 N–H and O–H groups in total. The lowest BCUT2D eigenvalue weighted by molar-refractivity contribution is 0.646. The third-order valence-corrected chi connectivity index (χ3v) is 4.24. The van der Waals surface area contributed by atoms with Crippen LogP contribution in [-0.2, 0) is 6.54 Å². The summed E-state index contributed by atoms with van der Waals surface area (Å²) in [5.41, 5.74) is 1.09. The van der Waals surface area contributed by atoms with E-state index in [2.05, 4.69) is 46.8 Å². The van der Waals surface area contributed by atoms with E-state index in [1.807, 2.05) is 7.05 Å². The number of aromatic nitrogens is 1. The molecule has 0 aliphatic heterocycles. The Morgan fingerprint density at radius 3 is 2.62 bits per heavy atom. The Hall–Kier alpha value is -0.370. The Morgan fingerprint density at radius 2 is 2.05 bits per heavy atom. The Labute approximate surface area is 150 Å². The molecule has 6 heteroatoms. The van der Waals surface area contributed by atoms with Gasteiger partial charge in [-0.2, -0.15) is 0 Å². The molecular formula is C15H29IN4S. The molecule has 0 fully saturated rings. The third kappa shape index (κ3) is 8.60. The van der Waals surface area contributed by atoms with Gasteiger partial charge in [0.05, 0.1) is 17.2 Å². The highest BCUT2D eigenvalue weighted by Crippen LogP contribution is 2.18. The topological polar surface area (TPSA) is 49.3 Å². The summed E-state index contributed by atoms with van der Waals surface area (Å²) >= 11 is 1.73. The minimum absolute atomic E-state index is 0. The van der Waals surface area contributed by atoms with Crippen LogP contribution in [0.25, 0.3) is 0 Å². The van der Waals surface area contributed by atoms with Crippen molar-refractivity contribution in [1.82, 2.24) is 15.6 Å². The molecule has 0 bridgehead atoms. The molecular weight excluding hydrogens is 395 g/mol. The van der Waals surface area contributed by atoms with E-state index in [-0.39, 0.29) is 24.0 Å². The van der Waals surface area contributed by atoms with Crippen molar-refractivity contribution < 1.29 is 0 Å². The molecule has 0 radical (unpaired) electrons. The number of rotatable bonds is 8. The number of guanidine groups is 1. The highest BCUT2D eigenvalue weighted by Gasteiger charge is 2.06. The van der Waals surface area contributed by atoms with Crippen molar-refractivity contribution in [2.45, 2.75) is 58.9 Å². The lowest BCUT2D eigenvalue weighted by Crippen LogP contribution is -2.37. The van der Waals surface area contributed by atoms with Crippen molar-refractivity contribution >= 4 is 41.3 Å². The third-order valence-electron chi connectivity index (χ3n) is 3.05. The summed E-state index contributed by atoms with van der Waals surface area (Å²) in [7, 11) is 1.81. The van der Waals surface area contributed by atoms with Crippen molar-refractivity contribution in [3.63, 3.8) is 0 Å². The van der Waals surface area contributed by atoms with Crippen LogP contribution < -0.4 is 10.6 Å². The van der Waals surface area contributed by atoms with Crippen molar-refractivity contribution in [3.8, 4) is 0 Å². The Morgan fingerprint density at radius 1 is 1.29 bits per heavy atom. The van der Waals surface area contributed by atoms with E-state index in [9.17, 15) is 0 Å². The number of thiazole rings is 1. The van der Waals surface area contributed by atoms with E-state index in [1.54, 1.807) is 11.3 Å². The molecule has 0 spiro atoms. The Bertz CT molecular complexity index is 404. The fraction of sp³-hybridized carbons (Fsp3) is 0.733. The molecule has 0 aromatic carbocycles. The highest BCUT2D eigenvalue weighted by atomic mass is 127. The van der Waals surface area contributed by atoms with Crippen molar-refractivity contribution in [1.29, 1.82) is 0 Å². The van der Waals surface area contributed by atoms with E-state index in [1.165, 1.54) is 30.7 Å². The predicted molar refractivity (Wildman–Crippen MR) is 104 cm³/mol. The van der Waals surface area contributed by atoms with Crippen LogP contribution in [0.1, 0.15) is 63.1 Å². The van der Waals surface area contributed by atoms with Crippen LogP contribution in [0, 0.1) is 0 Å². The number of hydrogen-bond donors (Lipinski definition) is 2. The van der Waals surface area contributed by atoms with Gasteiger partial charge in [-0.1, -0.05) is 40.0 Å². The SMILES string of the molecule is CCCCCCNC(=NC)NCc1csc(C(C)C)n1.I. The van der Waals surface area contributed by atoms with Crippen LogP contribution in [0.15, 0.2) is 10.4 Å². The zero-order valence-electron chi connectivity index (χ0n) is 13.6. The standard InChI is InChI=1S/C15H28N4S.HI/c1-5-6-7-8-9-17-15(16-4)18-10-13-11-20-14(19-13)12(2)3;/h11-12H,5-10H2,1-4H3,(H2,16,17,18);1H. The summed E-state index contributed by atoms with van der Waals surface area (Å²) in [6.45, 7) is 8.29. The molecule has 0 amide bonds. The van der Waals surface area contributed by atoms with Gasteiger partial charge in [0.15, 0.2) is 5.96 Å². The molecule has 0 saturated heterocycles. The molecule has 0 aliphatic carbocycles. The van der Waals surface area contributed by atoms with Gasteiger partial charge in [-0.15, -0.1) is 35.3 Å². The predicted octanol–water partition coefficient (Wildman–Crippen LogP) is 4.13. The molecule has 0 aliphatic rings. The fourth-order valence-corrected chi connectivity index (χ4v) is 2.66. The van der Waals surface area contributed by atoms with Crippen molar-refractivity contribution in [3.05, 3.63) is 16.1 Å². The number of unbranched alkanes of at least 4 members (excludes halogenated alkanes) is 3. The second-order valence-corrected chi connectivity index (χ2v) is 6.13. The van der Waals surface area contributed by atoms with Crippen molar-refractivity contribution in [2.75, 3.05) is 13.6 Å². The maximum atomic E-state index is 4.61. The normalized spacial score (nSPS) is 11.4. The van der Waals surface area contributed by atoms with Gasteiger partial charge in [-0.05, 0) is 6.42 Å². The number of nitrogens with zero attached hydrogens (tertiary/aromatic N) is 2. The van der Waals surface area contributed by atoms with Gasteiger partial charge in [-0.25, -0.2) is 4.98 Å². The Kier molecular flexibility index (Phi) is 12.0. The molecule has 0 unspecified atom stereocenters. The first-order valence-corrected chi connectivity index (χ1v) is 8.44. The van der Waals surface area contributed by atoms with Crippen LogP contribution in [0.3, 0.4) is 0 Å². The quantitative estimate of drug-likeness (QED) is 0.286. The zero-order valence-corrected chi connectivity index (χ0v) is 16.8. The zero-order chi connectivity index (χ0) is 14.8. The monoisotopic (exact) mass is 424 g/mol. The van der Waals surface area contributed by atoms with Gasteiger partial charge < -0.3 is 10.6 Å². The summed E-state index contributed by atoms with van der Waals surface area (Å²) < 4.78 is 0. The molecule has 1 heterocycles. The van der Waals surface area contributed by atoms with E-state index >= 15 is 0 Å². The summed E-state index contributed by atoms with van der Waals surface area (Å²) in [5, 5.41) is 9.97. The average molecular weight is 424 g/mol. The minimum atomic E-state index is 0. The second kappa shape index (κ2) is 12.2. The first kappa shape index (κ1) is 20.6. The van der Waals surface area contributed by atoms with E-state index in [4.69, 9.17) is 0 Å². The molecule has 1 rings (SSSR count). The molecule has 0 atom stereocenters. The molecule has 21 heavy (non-hydrogen) atoms. The van der Waals surface area contributed by atoms with Gasteiger partial charge in [0.25, 0.3) is 0 Å². The molecule has 122 valence electrons. The molecule has 4 nitrogen and oxygen atoms in total. The lowest BCUT2D eigenvalue weighted by atomic mass is 10.2. The fourth-order valence-electron chi connectivity index (χ4n) is 1.82. The number of nitrogens with one attached hydrogen (secondary N) is 2. The van der Waals surface area contributed by atoms with Crippen LogP contribution in [0.5, 0.6) is 0 Å². The maximum absolute atomic E-state index is 4.61. The van der Waals surface area contributed by atoms with Crippen LogP contribution in [-0.4, -0.2) is 24.5 Å². The smallest absolute Gasteiger partial charge is 0.191 e. The number of halogens is 1. The summed E-state index contributed by atoms with van der Waals surface area (Å²) in [6, 6.07) is 0. The Balaban J connectivity index is 0.00000400. The lowest BCUT2D eigenvalue weighted by Gasteiger charge is -2.10. The van der Waals surface area contributed by atoms with Gasteiger partial charge in [0.2, 0.25) is 0 Å². The maximum Gasteiger partial charge on any atom is 0.191 e. The minimum Gasteiger partial charge on any atom is -0.356 e.